The van der Waals surface area contributed by atoms with Crippen LogP contribution in [0.4, 0.5) is 0 Å². The highest BCUT2D eigenvalue weighted by Gasteiger charge is 2.70. The number of hydrogen-bond acceptors (Lipinski definition) is 20. The van der Waals surface area contributed by atoms with Gasteiger partial charge in [-0.25, -0.2) is 4.79 Å². The van der Waals surface area contributed by atoms with Crippen LogP contribution in [0.15, 0.2) is 0 Å². The Kier molecular flexibility index (Phi) is 36.9. The van der Waals surface area contributed by atoms with Crippen LogP contribution in [0.25, 0.3) is 0 Å². The van der Waals surface area contributed by atoms with E-state index in [9.17, 15) is 47.9 Å². The van der Waals surface area contributed by atoms with E-state index in [1.54, 1.807) is 27.7 Å². The van der Waals surface area contributed by atoms with E-state index in [2.05, 4.69) is 20.8 Å². The third-order valence-electron chi connectivity index (χ3n) is 37.2. The van der Waals surface area contributed by atoms with Crippen molar-refractivity contribution in [2.75, 3.05) is 6.61 Å². The van der Waals surface area contributed by atoms with Gasteiger partial charge in [0.25, 0.3) is 0 Å². The molecule has 0 aromatic heterocycles. The lowest BCUT2D eigenvalue weighted by Gasteiger charge is -2.63. The van der Waals surface area contributed by atoms with Gasteiger partial charge in [-0.3, -0.25) is 43.2 Å². The molecule has 0 spiro atoms. The summed E-state index contributed by atoms with van der Waals surface area (Å²) in [6, 6.07) is 0. The van der Waals surface area contributed by atoms with E-state index in [0.717, 1.165) is 139 Å². The number of rotatable bonds is 29. The van der Waals surface area contributed by atoms with Gasteiger partial charge in [0.05, 0.1) is 49.9 Å². The minimum atomic E-state index is -1.28. The van der Waals surface area contributed by atoms with Crippen molar-refractivity contribution in [1.82, 2.24) is 0 Å². The fraction of sp³-hybridized carbons (Fsp3) is 0.914. The summed E-state index contributed by atoms with van der Waals surface area (Å²) >= 11 is 0. The minimum Gasteiger partial charge on any atom is -0.465 e. The maximum absolute atomic E-state index is 14.1. The molecule has 6 unspecified atom stereocenters. The Morgan fingerprint density at radius 3 is 0.926 bits per heavy atom. The van der Waals surface area contributed by atoms with Gasteiger partial charge in [-0.2, -0.15) is 0 Å². The van der Waals surface area contributed by atoms with Gasteiger partial charge in [0, 0.05) is 31.1 Å². The van der Waals surface area contributed by atoms with Crippen LogP contribution in [0.5, 0.6) is 0 Å². The van der Waals surface area contributed by atoms with Crippen molar-refractivity contribution in [2.24, 2.45) is 132 Å². The summed E-state index contributed by atoms with van der Waals surface area (Å²) in [5.74, 6) is 6.80. The summed E-state index contributed by atoms with van der Waals surface area (Å²) in [7, 11) is 0. The van der Waals surface area contributed by atoms with Gasteiger partial charge in [0.2, 0.25) is 5.60 Å². The lowest BCUT2D eigenvalue weighted by atomic mass is 9.45. The first kappa shape index (κ1) is 116. The van der Waals surface area contributed by atoms with Crippen LogP contribution in [0.1, 0.15) is 487 Å². The number of carbonyl (C=O) groups excluding carboxylic acids is 10. The van der Waals surface area contributed by atoms with E-state index in [-0.39, 0.29) is 83.7 Å². The minimum absolute atomic E-state index is 0.0255. The summed E-state index contributed by atoms with van der Waals surface area (Å²) in [5.41, 5.74) is -8.48. The Morgan fingerprint density at radius 2 is 0.610 bits per heavy atom. The van der Waals surface area contributed by atoms with Gasteiger partial charge in [-0.1, -0.05) is 96.9 Å². The first-order valence-corrected chi connectivity index (χ1v) is 55.0. The van der Waals surface area contributed by atoms with Crippen LogP contribution < -0.4 is 0 Å². The van der Waals surface area contributed by atoms with E-state index in [1.165, 1.54) is 89.9 Å². The summed E-state index contributed by atoms with van der Waals surface area (Å²) in [5, 5.41) is 0. The number of hydrogen-bond donors (Lipinski definition) is 0. The van der Waals surface area contributed by atoms with Crippen LogP contribution in [0, 0.1) is 132 Å². The molecule has 20 bridgehead atoms. The molecular formula is C116H198O20. The fourth-order valence-electron chi connectivity index (χ4n) is 27.5. The lowest BCUT2D eigenvalue weighted by molar-refractivity contribution is -0.238. The van der Waals surface area contributed by atoms with Crippen LogP contribution in [-0.4, -0.2) is 117 Å². The Morgan fingerprint density at radius 1 is 0.309 bits per heavy atom. The molecule has 20 rings (SSSR count). The van der Waals surface area contributed by atoms with Crippen molar-refractivity contribution >= 4 is 59.7 Å². The van der Waals surface area contributed by atoms with Crippen molar-refractivity contribution in [3.63, 3.8) is 0 Å². The molecule has 20 heteroatoms. The summed E-state index contributed by atoms with van der Waals surface area (Å²) < 4.78 is 59.3. The maximum atomic E-state index is 14.1. The zero-order valence-corrected chi connectivity index (χ0v) is 93.1. The molecule has 0 saturated heterocycles. The molecule has 20 fully saturated rings. The predicted octanol–water partition coefficient (Wildman–Crippen LogP) is 27.8. The molecule has 20 saturated carbocycles. The third-order valence-corrected chi connectivity index (χ3v) is 37.2. The third kappa shape index (κ3) is 26.3. The smallest absolute Gasteiger partial charge is 0.350 e. The van der Waals surface area contributed by atoms with Crippen molar-refractivity contribution in [3.05, 3.63) is 0 Å². The molecule has 136 heavy (non-hydrogen) atoms. The Balaban J connectivity index is 0.000000210. The van der Waals surface area contributed by atoms with Gasteiger partial charge in [0.15, 0.2) is 0 Å². The highest BCUT2D eigenvalue weighted by Crippen LogP contribution is 2.70. The van der Waals surface area contributed by atoms with Crippen LogP contribution in [0.3, 0.4) is 0 Å². The van der Waals surface area contributed by atoms with Crippen molar-refractivity contribution < 1.29 is 95.3 Å². The number of carbonyl (C=O) groups is 10. The van der Waals surface area contributed by atoms with Gasteiger partial charge < -0.3 is 47.4 Å². The summed E-state index contributed by atoms with van der Waals surface area (Å²) in [4.78, 5) is 128. The van der Waals surface area contributed by atoms with Gasteiger partial charge in [0.1, 0.15) is 44.8 Å². The second kappa shape index (κ2) is 43.3. The van der Waals surface area contributed by atoms with Gasteiger partial charge in [-0.15, -0.1) is 0 Å². The van der Waals surface area contributed by atoms with Gasteiger partial charge >= 0.3 is 59.7 Å². The average molecular weight is 1910 g/mol. The first-order valence-electron chi connectivity index (χ1n) is 55.0. The molecule has 6 atom stereocenters. The normalized spacial score (nSPS) is 34.1. The van der Waals surface area contributed by atoms with Gasteiger partial charge in [-0.05, 0) is 447 Å². The molecule has 0 amide bonds. The van der Waals surface area contributed by atoms with E-state index in [4.69, 9.17) is 47.4 Å². The second-order valence-electron chi connectivity index (χ2n) is 53.0. The van der Waals surface area contributed by atoms with Crippen LogP contribution in [0.2, 0.25) is 0 Å². The predicted molar refractivity (Wildman–Crippen MR) is 536 cm³/mol. The SMILES string of the molecule is CC.CC.CC.CCC(C)(C)C(=O)OC(C)(C)C(=O)OC(C)(C)C(C)C.CCC(C)(C)C(=O)OC12CC3CC(C1)CC(C(=O)OC(C)(C)C)(C3)C2.CCC(C)(C)C(=O)OC12CC3CC(C1)CC(C(=O)OC(C)(C)C14CC5CC(CC(C5)C1)C4)(C3)C2.CCC(C)(C)C(=O)OC12CC3CC(C1)CC(C(=O)OC1(C)C4CC5CC(C4)CC1C5)(C3)C2.CCC(C)(C)OC(=O)CCCOC(=O)C(C)(C)CC. The van der Waals surface area contributed by atoms with E-state index < -0.39 is 94.1 Å². The standard InChI is InChI=1S/C30H46O4.C28H42O4.C21H34O4.C16H30O4.C15H28O4.3C2H6/c1-6-26(2,3)24(31)34-30-16-22-10-23(17-30)12-28(11-22,18-30)25(32)33-27(4,5)29-13-19-7-20(14-29)9-21(8-19)15-29;1-5-25(2,3)23(29)32-28-14-19-7-20(15-28)13-27(12-19,16-28)24(30)31-26(4)21-8-17-6-18(10-21)11-22(26)9-17;1-7-19(5,6)16(22)25-21-11-14-8-15(12-21)10-20(9-14,13-21)17(23)24-18(2,3)4;1-10-14(4,5)12(17)19-16(8,9)13(18)20-15(6,7)11(2)3;1-7-14(3,4)13(17)18-11-9-10-12(16)19-15(5,6)8-2;3*1-2/h19-23H,6-18H2,1-5H3;17-22H,5-16H2,1-4H3;14-15H,7-13H2,1-6H3;11H,10H2,1-9H3;7-11H2,1-6H3;3*1-2H3. The van der Waals surface area contributed by atoms with E-state index >= 15 is 0 Å². The van der Waals surface area contributed by atoms with Crippen molar-refractivity contribution in [1.29, 1.82) is 0 Å². The molecule has 20 aliphatic carbocycles. The Hall–Kier alpha value is -5.30. The topological polar surface area (TPSA) is 263 Å². The van der Waals surface area contributed by atoms with Crippen molar-refractivity contribution in [3.8, 4) is 0 Å². The van der Waals surface area contributed by atoms with Crippen LogP contribution in [-0.2, 0) is 95.3 Å². The monoisotopic (exact) mass is 1910 g/mol. The molecule has 0 radical (unpaired) electrons. The maximum Gasteiger partial charge on any atom is 0.350 e. The summed E-state index contributed by atoms with van der Waals surface area (Å²) in [6.07, 6.45) is 36.2. The van der Waals surface area contributed by atoms with E-state index in [0.29, 0.717) is 79.4 Å². The van der Waals surface area contributed by atoms with Crippen LogP contribution >= 0.6 is 0 Å². The summed E-state index contributed by atoms with van der Waals surface area (Å²) in [6.45, 7) is 70.4. The number of ether oxygens (including phenoxy) is 10. The number of esters is 10. The highest BCUT2D eigenvalue weighted by molar-refractivity contribution is 5.85. The molecule has 782 valence electrons. The highest BCUT2D eigenvalue weighted by atomic mass is 16.6. The Labute approximate surface area is 825 Å². The molecule has 0 aliphatic heterocycles. The average Bonchev–Trinajstić information content (AvgIpc) is 0.711. The molecule has 0 heterocycles. The molecule has 0 N–H and O–H groups in total. The molecule has 20 aliphatic rings. The largest absolute Gasteiger partial charge is 0.465 e. The van der Waals surface area contributed by atoms with E-state index in [1.807, 2.05) is 201 Å². The zero-order chi connectivity index (χ0) is 103. The lowest BCUT2D eigenvalue weighted by Crippen LogP contribution is -2.63. The zero-order valence-electron chi connectivity index (χ0n) is 93.1. The Bertz CT molecular complexity index is 4000. The molecular weight excluding hydrogens is 1710 g/mol. The molecule has 0 aromatic carbocycles. The van der Waals surface area contributed by atoms with Crippen molar-refractivity contribution in [2.45, 2.75) is 537 Å². The quantitative estimate of drug-likeness (QED) is 0.0383. The second-order valence-corrected chi connectivity index (χ2v) is 53.0. The molecule has 0 aromatic rings. The first-order chi connectivity index (χ1) is 62.7. The molecule has 20 nitrogen and oxygen atoms in total. The fourth-order valence-corrected chi connectivity index (χ4v) is 27.5.